The van der Waals surface area contributed by atoms with Crippen LogP contribution in [0.3, 0.4) is 0 Å². The van der Waals surface area contributed by atoms with E-state index in [0.717, 1.165) is 17.7 Å². The number of rotatable bonds is 9. The second-order valence-corrected chi connectivity index (χ2v) is 9.39. The molecule has 3 rings (SSSR count). The van der Waals surface area contributed by atoms with Crippen LogP contribution in [0.2, 0.25) is 0 Å². The first-order valence-corrected chi connectivity index (χ1v) is 10.9. The van der Waals surface area contributed by atoms with Gasteiger partial charge >= 0.3 is 0 Å². The van der Waals surface area contributed by atoms with Gasteiger partial charge in [-0.1, -0.05) is 32.0 Å². The highest BCUT2D eigenvalue weighted by Crippen LogP contribution is 2.23. The number of furan rings is 1. The number of nitrogens with zero attached hydrogens (tertiary/aromatic N) is 1. The molecule has 1 amide bonds. The van der Waals surface area contributed by atoms with Crippen molar-refractivity contribution in [3.05, 3.63) is 76.4 Å². The Kier molecular flexibility index (Phi) is 7.18. The maximum atomic E-state index is 12.9. The number of amides is 1. The number of thiophene rings is 1. The minimum atomic E-state index is 0.132. The summed E-state index contributed by atoms with van der Waals surface area (Å²) in [4.78, 5) is 17.4. The Bertz CT molecular complexity index is 809. The van der Waals surface area contributed by atoms with Gasteiger partial charge in [-0.3, -0.25) is 4.79 Å². The molecule has 0 saturated carbocycles. The SMILES string of the molecule is CC(C)Sc1ccc(CC(=O)N(CCc2cccs2)Cc2ccco2)cc1. The molecule has 0 bridgehead atoms. The molecule has 5 heteroatoms. The second-order valence-electron chi connectivity index (χ2n) is 6.71. The van der Waals surface area contributed by atoms with Crippen LogP contribution in [0, 0.1) is 0 Å². The molecule has 0 unspecified atom stereocenters. The topological polar surface area (TPSA) is 33.5 Å². The zero-order valence-electron chi connectivity index (χ0n) is 15.8. The molecular formula is C22H25NO2S2. The van der Waals surface area contributed by atoms with Gasteiger partial charge in [0.05, 0.1) is 19.2 Å². The Balaban J connectivity index is 1.64. The average molecular weight is 400 g/mol. The Morgan fingerprint density at radius 2 is 1.96 bits per heavy atom. The lowest BCUT2D eigenvalue weighted by atomic mass is 10.1. The predicted molar refractivity (Wildman–Crippen MR) is 113 cm³/mol. The van der Waals surface area contributed by atoms with Crippen LogP contribution < -0.4 is 0 Å². The van der Waals surface area contributed by atoms with Crippen molar-refractivity contribution in [2.75, 3.05) is 6.54 Å². The molecule has 0 N–H and O–H groups in total. The summed E-state index contributed by atoms with van der Waals surface area (Å²) >= 11 is 3.57. The lowest BCUT2D eigenvalue weighted by molar-refractivity contribution is -0.131. The van der Waals surface area contributed by atoms with Gasteiger partial charge in [0.15, 0.2) is 0 Å². The smallest absolute Gasteiger partial charge is 0.227 e. The first-order chi connectivity index (χ1) is 13.1. The van der Waals surface area contributed by atoms with E-state index in [4.69, 9.17) is 4.42 Å². The zero-order valence-corrected chi connectivity index (χ0v) is 17.4. The Morgan fingerprint density at radius 1 is 1.15 bits per heavy atom. The van der Waals surface area contributed by atoms with E-state index in [1.165, 1.54) is 9.77 Å². The molecule has 0 aliphatic heterocycles. The van der Waals surface area contributed by atoms with E-state index < -0.39 is 0 Å². The van der Waals surface area contributed by atoms with Crippen LogP contribution in [0.15, 0.2) is 69.5 Å². The van der Waals surface area contributed by atoms with Crippen LogP contribution in [-0.4, -0.2) is 22.6 Å². The highest BCUT2D eigenvalue weighted by atomic mass is 32.2. The summed E-state index contributed by atoms with van der Waals surface area (Å²) in [5.74, 6) is 0.949. The minimum absolute atomic E-state index is 0.132. The number of benzene rings is 1. The fraction of sp³-hybridized carbons (Fsp3) is 0.318. The van der Waals surface area contributed by atoms with E-state index >= 15 is 0 Å². The van der Waals surface area contributed by atoms with Crippen LogP contribution in [0.4, 0.5) is 0 Å². The third kappa shape index (κ3) is 6.29. The van der Waals surface area contributed by atoms with E-state index in [0.29, 0.717) is 24.8 Å². The van der Waals surface area contributed by atoms with Gasteiger partial charge < -0.3 is 9.32 Å². The van der Waals surface area contributed by atoms with E-state index in [-0.39, 0.29) is 5.91 Å². The van der Waals surface area contributed by atoms with Gasteiger partial charge in [0.2, 0.25) is 5.91 Å². The molecular weight excluding hydrogens is 374 g/mol. The summed E-state index contributed by atoms with van der Waals surface area (Å²) in [6.45, 7) is 5.57. The summed E-state index contributed by atoms with van der Waals surface area (Å²) in [6.07, 6.45) is 2.94. The molecule has 1 aromatic carbocycles. The third-order valence-electron chi connectivity index (χ3n) is 4.14. The van der Waals surface area contributed by atoms with E-state index in [1.807, 2.05) is 28.8 Å². The molecule has 0 spiro atoms. The maximum Gasteiger partial charge on any atom is 0.227 e. The van der Waals surface area contributed by atoms with Gasteiger partial charge in [-0.05, 0) is 47.7 Å². The molecule has 27 heavy (non-hydrogen) atoms. The molecule has 3 aromatic rings. The van der Waals surface area contributed by atoms with Gasteiger partial charge in [-0.15, -0.1) is 23.1 Å². The standard InChI is InChI=1S/C22H25NO2S2/c1-17(2)27-21-9-7-18(8-10-21)15-22(24)23(16-19-5-3-13-25-19)12-11-20-6-4-14-26-20/h3-10,13-14,17H,11-12,15-16H2,1-2H3. The summed E-state index contributed by atoms with van der Waals surface area (Å²) in [5, 5.41) is 2.63. The van der Waals surface area contributed by atoms with Crippen molar-refractivity contribution < 1.29 is 9.21 Å². The van der Waals surface area contributed by atoms with Crippen molar-refractivity contribution in [1.29, 1.82) is 0 Å². The Labute approximate surface area is 169 Å². The summed E-state index contributed by atoms with van der Waals surface area (Å²) in [5.41, 5.74) is 1.05. The Morgan fingerprint density at radius 3 is 2.59 bits per heavy atom. The molecule has 142 valence electrons. The number of thioether (sulfide) groups is 1. The molecule has 0 aliphatic carbocycles. The van der Waals surface area contributed by atoms with Crippen molar-refractivity contribution in [2.24, 2.45) is 0 Å². The summed E-state index contributed by atoms with van der Waals surface area (Å²) in [6, 6.07) is 16.3. The molecule has 0 atom stereocenters. The average Bonchev–Trinajstić information content (AvgIpc) is 3.33. The fourth-order valence-electron chi connectivity index (χ4n) is 2.83. The number of hydrogen-bond acceptors (Lipinski definition) is 4. The van der Waals surface area contributed by atoms with Crippen LogP contribution >= 0.6 is 23.1 Å². The van der Waals surface area contributed by atoms with Gasteiger partial charge in [-0.2, -0.15) is 0 Å². The third-order valence-corrected chi connectivity index (χ3v) is 6.09. The maximum absolute atomic E-state index is 12.9. The highest BCUT2D eigenvalue weighted by molar-refractivity contribution is 7.99. The summed E-state index contributed by atoms with van der Waals surface area (Å²) < 4.78 is 5.46. The van der Waals surface area contributed by atoms with Crippen LogP contribution in [0.5, 0.6) is 0 Å². The molecule has 2 aromatic heterocycles. The van der Waals surface area contributed by atoms with Crippen LogP contribution in [-0.2, 0) is 24.2 Å². The fourth-order valence-corrected chi connectivity index (χ4v) is 4.36. The van der Waals surface area contributed by atoms with Crippen molar-refractivity contribution in [2.45, 2.75) is 43.4 Å². The molecule has 2 heterocycles. The van der Waals surface area contributed by atoms with E-state index in [1.54, 1.807) is 17.6 Å². The number of carbonyl (C=O) groups excluding carboxylic acids is 1. The number of hydrogen-bond donors (Lipinski definition) is 0. The lowest BCUT2D eigenvalue weighted by Crippen LogP contribution is -2.33. The minimum Gasteiger partial charge on any atom is -0.467 e. The van der Waals surface area contributed by atoms with Gasteiger partial charge in [0.1, 0.15) is 5.76 Å². The van der Waals surface area contributed by atoms with Crippen molar-refractivity contribution >= 4 is 29.0 Å². The number of carbonyl (C=O) groups is 1. The van der Waals surface area contributed by atoms with Crippen molar-refractivity contribution in [3.8, 4) is 0 Å². The predicted octanol–water partition coefficient (Wildman–Crippen LogP) is 5.66. The van der Waals surface area contributed by atoms with Crippen molar-refractivity contribution in [1.82, 2.24) is 4.90 Å². The van der Waals surface area contributed by atoms with Crippen LogP contribution in [0.25, 0.3) is 0 Å². The monoisotopic (exact) mass is 399 g/mol. The zero-order chi connectivity index (χ0) is 19.1. The summed E-state index contributed by atoms with van der Waals surface area (Å²) in [7, 11) is 0. The van der Waals surface area contributed by atoms with E-state index in [2.05, 4.69) is 55.6 Å². The van der Waals surface area contributed by atoms with Gasteiger partial charge in [0, 0.05) is 21.6 Å². The first-order valence-electron chi connectivity index (χ1n) is 9.18. The van der Waals surface area contributed by atoms with Crippen LogP contribution in [0.1, 0.15) is 30.0 Å². The Hall–Kier alpha value is -1.98. The normalized spacial score (nSPS) is 11.1. The molecule has 0 saturated heterocycles. The molecule has 0 fully saturated rings. The second kappa shape index (κ2) is 9.81. The molecule has 3 nitrogen and oxygen atoms in total. The van der Waals surface area contributed by atoms with Gasteiger partial charge in [-0.25, -0.2) is 0 Å². The first kappa shape index (κ1) is 19.8. The lowest BCUT2D eigenvalue weighted by Gasteiger charge is -2.21. The largest absolute Gasteiger partial charge is 0.467 e. The quantitative estimate of drug-likeness (QED) is 0.436. The molecule has 0 radical (unpaired) electrons. The molecule has 0 aliphatic rings. The van der Waals surface area contributed by atoms with Gasteiger partial charge in [0.25, 0.3) is 0 Å². The van der Waals surface area contributed by atoms with E-state index in [9.17, 15) is 4.79 Å². The highest BCUT2D eigenvalue weighted by Gasteiger charge is 2.16. The van der Waals surface area contributed by atoms with Crippen molar-refractivity contribution in [3.63, 3.8) is 0 Å².